The van der Waals surface area contributed by atoms with Crippen molar-refractivity contribution in [1.29, 1.82) is 0 Å². The van der Waals surface area contributed by atoms with E-state index < -0.39 is 5.97 Å². The van der Waals surface area contributed by atoms with Crippen LogP contribution in [0.4, 0.5) is 0 Å². The summed E-state index contributed by atoms with van der Waals surface area (Å²) in [4.78, 5) is 22.8. The molecule has 2 aromatic carbocycles. The number of rotatable bonds is 6. The summed E-state index contributed by atoms with van der Waals surface area (Å²) in [5.74, 6) is -1.01. The van der Waals surface area contributed by atoms with E-state index in [2.05, 4.69) is 5.32 Å². The van der Waals surface area contributed by atoms with Crippen LogP contribution in [0.15, 0.2) is 54.6 Å². The van der Waals surface area contributed by atoms with Gasteiger partial charge in [-0.3, -0.25) is 9.59 Å². The lowest BCUT2D eigenvalue weighted by molar-refractivity contribution is -0.136. The Morgan fingerprint density at radius 2 is 1.43 bits per heavy atom. The Labute approximate surface area is 123 Å². The largest absolute Gasteiger partial charge is 0.481 e. The molecule has 0 atom stereocenters. The zero-order valence-corrected chi connectivity index (χ0v) is 11.6. The van der Waals surface area contributed by atoms with E-state index in [1.807, 2.05) is 36.4 Å². The van der Waals surface area contributed by atoms with Gasteiger partial charge in [-0.2, -0.15) is 0 Å². The van der Waals surface area contributed by atoms with Crippen LogP contribution in [-0.4, -0.2) is 17.0 Å². The van der Waals surface area contributed by atoms with Gasteiger partial charge >= 0.3 is 5.97 Å². The van der Waals surface area contributed by atoms with Gasteiger partial charge in [0.15, 0.2) is 0 Å². The van der Waals surface area contributed by atoms with Crippen molar-refractivity contribution >= 4 is 11.9 Å². The molecule has 0 aliphatic heterocycles. The maximum absolute atomic E-state index is 12.0. The van der Waals surface area contributed by atoms with Crippen molar-refractivity contribution in [2.45, 2.75) is 19.4 Å². The van der Waals surface area contributed by atoms with Crippen molar-refractivity contribution < 1.29 is 14.7 Å². The van der Waals surface area contributed by atoms with Crippen LogP contribution in [0.2, 0.25) is 0 Å². The van der Waals surface area contributed by atoms with Gasteiger partial charge in [-0.15, -0.1) is 0 Å². The molecule has 0 unspecified atom stereocenters. The number of hydrogen-bond acceptors (Lipinski definition) is 2. The van der Waals surface area contributed by atoms with Crippen molar-refractivity contribution in [3.8, 4) is 0 Å². The minimum Gasteiger partial charge on any atom is -0.481 e. The second kappa shape index (κ2) is 7.24. The third-order valence-corrected chi connectivity index (χ3v) is 3.14. The van der Waals surface area contributed by atoms with Gasteiger partial charge < -0.3 is 10.4 Å². The molecule has 0 aliphatic carbocycles. The molecule has 0 saturated carbocycles. The topological polar surface area (TPSA) is 66.4 Å². The summed E-state index contributed by atoms with van der Waals surface area (Å²) in [6, 6.07) is 16.8. The lowest BCUT2D eigenvalue weighted by atomic mass is 10.0. The van der Waals surface area contributed by atoms with E-state index in [0.717, 1.165) is 11.1 Å². The molecule has 0 spiro atoms. The van der Waals surface area contributed by atoms with Crippen LogP contribution < -0.4 is 5.32 Å². The van der Waals surface area contributed by atoms with Gasteiger partial charge in [0.2, 0.25) is 5.91 Å². The van der Waals surface area contributed by atoms with E-state index in [4.69, 9.17) is 5.11 Å². The van der Waals surface area contributed by atoms with Crippen molar-refractivity contribution in [2.24, 2.45) is 0 Å². The SMILES string of the molecule is O=C(O)Cc1ccccc1CC(=O)NCc1ccccc1. The average molecular weight is 283 g/mol. The first kappa shape index (κ1) is 14.8. The monoisotopic (exact) mass is 283 g/mol. The first-order valence-corrected chi connectivity index (χ1v) is 6.74. The number of carboxylic acid groups (broad SMARTS) is 1. The van der Waals surface area contributed by atoms with Crippen LogP contribution in [0, 0.1) is 0 Å². The summed E-state index contributed by atoms with van der Waals surface area (Å²) in [5, 5.41) is 11.7. The fourth-order valence-corrected chi connectivity index (χ4v) is 2.10. The summed E-state index contributed by atoms with van der Waals surface area (Å²) in [6.07, 6.45) is 0.123. The number of hydrogen-bond donors (Lipinski definition) is 2. The number of carbonyl (C=O) groups excluding carboxylic acids is 1. The Hall–Kier alpha value is -2.62. The third kappa shape index (κ3) is 4.76. The number of amides is 1. The minimum absolute atomic E-state index is 0.0673. The number of benzene rings is 2. The number of nitrogens with one attached hydrogen (secondary N) is 1. The molecule has 0 aromatic heterocycles. The van der Waals surface area contributed by atoms with Crippen LogP contribution in [0.3, 0.4) is 0 Å². The molecule has 108 valence electrons. The highest BCUT2D eigenvalue weighted by Gasteiger charge is 2.10. The van der Waals surface area contributed by atoms with E-state index in [1.165, 1.54) is 0 Å². The fourth-order valence-electron chi connectivity index (χ4n) is 2.10. The smallest absolute Gasteiger partial charge is 0.307 e. The fraction of sp³-hybridized carbons (Fsp3) is 0.176. The highest BCUT2D eigenvalue weighted by molar-refractivity contribution is 5.79. The number of aliphatic carboxylic acids is 1. The molecule has 0 fully saturated rings. The zero-order chi connectivity index (χ0) is 15.1. The van der Waals surface area contributed by atoms with Crippen molar-refractivity contribution in [3.63, 3.8) is 0 Å². The summed E-state index contributed by atoms with van der Waals surface area (Å²) < 4.78 is 0. The lowest BCUT2D eigenvalue weighted by Gasteiger charge is -2.09. The summed E-state index contributed by atoms with van der Waals surface area (Å²) in [7, 11) is 0. The molecular formula is C17H17NO3. The standard InChI is InChI=1S/C17H17NO3/c19-16(18-12-13-6-2-1-3-7-13)10-14-8-4-5-9-15(14)11-17(20)21/h1-9H,10-12H2,(H,18,19)(H,20,21). The van der Waals surface area contributed by atoms with E-state index in [1.54, 1.807) is 18.2 Å². The molecule has 4 nitrogen and oxygen atoms in total. The van der Waals surface area contributed by atoms with Gasteiger partial charge in [0.25, 0.3) is 0 Å². The maximum atomic E-state index is 12.0. The quantitative estimate of drug-likeness (QED) is 0.854. The summed E-state index contributed by atoms with van der Waals surface area (Å²) in [5.41, 5.74) is 2.47. The van der Waals surface area contributed by atoms with Crippen LogP contribution >= 0.6 is 0 Å². The van der Waals surface area contributed by atoms with E-state index in [-0.39, 0.29) is 18.7 Å². The molecule has 2 rings (SSSR count). The summed E-state index contributed by atoms with van der Waals surface area (Å²) >= 11 is 0. The Bertz CT molecular complexity index is 623. The Balaban J connectivity index is 1.95. The molecule has 2 aromatic rings. The van der Waals surface area contributed by atoms with E-state index >= 15 is 0 Å². The van der Waals surface area contributed by atoms with Gasteiger partial charge in [-0.05, 0) is 16.7 Å². The van der Waals surface area contributed by atoms with Crippen LogP contribution in [0.1, 0.15) is 16.7 Å². The van der Waals surface area contributed by atoms with Gasteiger partial charge in [0, 0.05) is 6.54 Å². The molecule has 2 N–H and O–H groups in total. The van der Waals surface area contributed by atoms with E-state index in [0.29, 0.717) is 12.1 Å². The van der Waals surface area contributed by atoms with Gasteiger partial charge in [-0.25, -0.2) is 0 Å². The molecule has 4 heteroatoms. The summed E-state index contributed by atoms with van der Waals surface area (Å²) in [6.45, 7) is 0.473. The van der Waals surface area contributed by atoms with Gasteiger partial charge in [-0.1, -0.05) is 54.6 Å². The highest BCUT2D eigenvalue weighted by atomic mass is 16.4. The first-order chi connectivity index (χ1) is 10.1. The molecule has 21 heavy (non-hydrogen) atoms. The first-order valence-electron chi connectivity index (χ1n) is 6.74. The van der Waals surface area contributed by atoms with Gasteiger partial charge in [0.1, 0.15) is 0 Å². The predicted molar refractivity (Wildman–Crippen MR) is 79.8 cm³/mol. The Morgan fingerprint density at radius 3 is 2.05 bits per heavy atom. The number of carbonyl (C=O) groups is 2. The Kier molecular flexibility index (Phi) is 5.10. The Morgan fingerprint density at radius 1 is 0.857 bits per heavy atom. The van der Waals surface area contributed by atoms with Crippen LogP contribution in [-0.2, 0) is 29.0 Å². The second-order valence-corrected chi connectivity index (χ2v) is 4.78. The molecule has 1 amide bonds. The molecule has 0 saturated heterocycles. The highest BCUT2D eigenvalue weighted by Crippen LogP contribution is 2.10. The predicted octanol–water partition coefficient (Wildman–Crippen LogP) is 2.17. The van der Waals surface area contributed by atoms with E-state index in [9.17, 15) is 9.59 Å². The molecule has 0 radical (unpaired) electrons. The zero-order valence-electron chi connectivity index (χ0n) is 11.6. The lowest BCUT2D eigenvalue weighted by Crippen LogP contribution is -2.25. The normalized spacial score (nSPS) is 10.1. The molecular weight excluding hydrogens is 266 g/mol. The van der Waals surface area contributed by atoms with Gasteiger partial charge in [0.05, 0.1) is 12.8 Å². The van der Waals surface area contributed by atoms with Crippen molar-refractivity contribution in [3.05, 3.63) is 71.3 Å². The van der Waals surface area contributed by atoms with Crippen LogP contribution in [0.5, 0.6) is 0 Å². The minimum atomic E-state index is -0.896. The third-order valence-electron chi connectivity index (χ3n) is 3.14. The molecule has 0 aliphatic rings. The maximum Gasteiger partial charge on any atom is 0.307 e. The molecule has 0 heterocycles. The van der Waals surface area contributed by atoms with Crippen LogP contribution in [0.25, 0.3) is 0 Å². The number of carboxylic acids is 1. The van der Waals surface area contributed by atoms with Crippen molar-refractivity contribution in [1.82, 2.24) is 5.32 Å². The average Bonchev–Trinajstić information content (AvgIpc) is 2.48. The van der Waals surface area contributed by atoms with Crippen molar-refractivity contribution in [2.75, 3.05) is 0 Å². The second-order valence-electron chi connectivity index (χ2n) is 4.78. The molecule has 0 bridgehead atoms.